The van der Waals surface area contributed by atoms with Crippen LogP contribution in [0.1, 0.15) is 39.3 Å². The molecule has 1 amide bonds. The van der Waals surface area contributed by atoms with Crippen LogP contribution in [-0.2, 0) is 16.9 Å². The number of anilines is 1. The second kappa shape index (κ2) is 11.5. The number of rotatable bonds is 7. The molecule has 0 aliphatic carbocycles. The third-order valence-electron chi connectivity index (χ3n) is 6.22. The number of hydrogen-bond donors (Lipinski definition) is 0. The number of aryl methyl sites for hydroxylation is 1. The molecule has 0 spiro atoms. The van der Waals surface area contributed by atoms with Crippen LogP contribution in [0.25, 0.3) is 0 Å². The number of carbonyl (C=O) groups is 1. The van der Waals surface area contributed by atoms with Gasteiger partial charge in [-0.05, 0) is 48.4 Å². The van der Waals surface area contributed by atoms with Crippen molar-refractivity contribution in [1.29, 1.82) is 10.5 Å². The minimum atomic E-state index is -4.93. The summed E-state index contributed by atoms with van der Waals surface area (Å²) in [5, 5.41) is 25.9. The van der Waals surface area contributed by atoms with Crippen LogP contribution in [0.5, 0.6) is 0 Å². The Labute approximate surface area is 243 Å². The van der Waals surface area contributed by atoms with E-state index in [1.54, 1.807) is 0 Å². The molecule has 218 valence electrons. The summed E-state index contributed by atoms with van der Waals surface area (Å²) in [5.74, 6) is -2.24. The highest BCUT2D eigenvalue weighted by atomic mass is 35.5. The van der Waals surface area contributed by atoms with Crippen molar-refractivity contribution < 1.29 is 36.0 Å². The van der Waals surface area contributed by atoms with Crippen molar-refractivity contribution in [2.24, 2.45) is 5.16 Å². The van der Waals surface area contributed by atoms with Gasteiger partial charge in [0.1, 0.15) is 5.82 Å². The Morgan fingerprint density at radius 2 is 1.83 bits per heavy atom. The van der Waals surface area contributed by atoms with Crippen molar-refractivity contribution in [3.63, 3.8) is 0 Å². The van der Waals surface area contributed by atoms with Crippen LogP contribution in [0.4, 0.5) is 32.3 Å². The molecule has 2 atom stereocenters. The fourth-order valence-electron chi connectivity index (χ4n) is 4.13. The molecular formula is C25H15Cl2F6N7O2. The van der Waals surface area contributed by atoms with E-state index in [9.17, 15) is 36.4 Å². The third-order valence-corrected chi connectivity index (χ3v) is 6.65. The topological polar surface area (TPSA) is 120 Å². The normalized spacial score (nSPS) is 17.3. The van der Waals surface area contributed by atoms with E-state index in [0.717, 1.165) is 12.1 Å². The molecule has 0 bridgehead atoms. The molecular weight excluding hydrogens is 615 g/mol. The summed E-state index contributed by atoms with van der Waals surface area (Å²) in [6.45, 7) is 1.43. The fraction of sp³-hybridized carbons (Fsp3) is 0.280. The van der Waals surface area contributed by atoms with Gasteiger partial charge >= 0.3 is 6.18 Å². The van der Waals surface area contributed by atoms with Gasteiger partial charge in [0.05, 0.1) is 5.71 Å². The van der Waals surface area contributed by atoms with Gasteiger partial charge in [-0.25, -0.2) is 13.2 Å². The maximum atomic E-state index is 14.3. The maximum Gasteiger partial charge on any atom is 0.435 e. The molecule has 0 fully saturated rings. The highest BCUT2D eigenvalue weighted by molar-refractivity contribution is 6.34. The molecule has 2 unspecified atom stereocenters. The number of benzene rings is 2. The molecule has 1 aliphatic heterocycles. The molecule has 0 saturated carbocycles. The molecule has 0 N–H and O–H groups in total. The van der Waals surface area contributed by atoms with Gasteiger partial charge in [0.2, 0.25) is 6.19 Å². The van der Waals surface area contributed by atoms with Crippen LogP contribution in [0, 0.1) is 29.8 Å². The quantitative estimate of drug-likeness (QED) is 0.177. The predicted octanol–water partition coefficient (Wildman–Crippen LogP) is 6.08. The summed E-state index contributed by atoms with van der Waals surface area (Å²) < 4.78 is 82.1. The molecule has 9 nitrogen and oxygen atoms in total. The van der Waals surface area contributed by atoms with E-state index in [2.05, 4.69) is 15.2 Å². The van der Waals surface area contributed by atoms with Gasteiger partial charge in [0.15, 0.2) is 12.4 Å². The average Bonchev–Trinajstić information content (AvgIpc) is 3.54. The number of carbonyl (C=O) groups excluding carboxylic acids is 1. The number of halogens is 8. The lowest BCUT2D eigenvalue weighted by molar-refractivity contribution is -0.275. The second-order valence-corrected chi connectivity index (χ2v) is 9.83. The molecule has 1 aromatic heterocycles. The molecule has 2 heterocycles. The van der Waals surface area contributed by atoms with Gasteiger partial charge in [-0.2, -0.15) is 33.6 Å². The van der Waals surface area contributed by atoms with Crippen molar-refractivity contribution in [3.05, 3.63) is 74.5 Å². The predicted molar refractivity (Wildman–Crippen MR) is 136 cm³/mol. The zero-order valence-electron chi connectivity index (χ0n) is 21.0. The van der Waals surface area contributed by atoms with Crippen molar-refractivity contribution in [2.45, 2.75) is 44.1 Å². The largest absolute Gasteiger partial charge is 0.435 e. The van der Waals surface area contributed by atoms with Gasteiger partial charge < -0.3 is 4.84 Å². The Hall–Kier alpha value is -4.34. The number of oxime groups is 1. The summed E-state index contributed by atoms with van der Waals surface area (Å²) in [5.41, 5.74) is -3.12. The Bertz CT molecular complexity index is 1640. The van der Waals surface area contributed by atoms with Gasteiger partial charge in [0, 0.05) is 34.0 Å². The van der Waals surface area contributed by atoms with E-state index < -0.39 is 54.9 Å². The molecule has 3 aromatic rings. The van der Waals surface area contributed by atoms with Crippen molar-refractivity contribution >= 4 is 40.8 Å². The Morgan fingerprint density at radius 3 is 2.38 bits per heavy atom. The zero-order chi connectivity index (χ0) is 31.0. The van der Waals surface area contributed by atoms with Crippen molar-refractivity contribution in [2.75, 3.05) is 4.90 Å². The first kappa shape index (κ1) is 30.6. The van der Waals surface area contributed by atoms with E-state index in [4.69, 9.17) is 33.3 Å². The lowest BCUT2D eigenvalue weighted by Gasteiger charge is -2.29. The summed E-state index contributed by atoms with van der Waals surface area (Å²) in [7, 11) is 0. The molecule has 1 aliphatic rings. The van der Waals surface area contributed by atoms with Gasteiger partial charge in [-0.3, -0.25) is 4.79 Å². The van der Waals surface area contributed by atoms with Crippen LogP contribution >= 0.6 is 23.2 Å². The highest BCUT2D eigenvalue weighted by Gasteiger charge is 2.62. The van der Waals surface area contributed by atoms with Crippen LogP contribution in [0.15, 0.2) is 41.6 Å². The van der Waals surface area contributed by atoms with Crippen LogP contribution in [0.2, 0.25) is 10.0 Å². The molecule has 17 heteroatoms. The Morgan fingerprint density at radius 1 is 1.17 bits per heavy atom. The van der Waals surface area contributed by atoms with Crippen LogP contribution < -0.4 is 4.90 Å². The minimum absolute atomic E-state index is 0.0429. The fourth-order valence-corrected chi connectivity index (χ4v) is 4.66. The standard InChI is InChI=1S/C25H15Cl2F6N7O2/c1-12-4-13(19-9-24(42-38-19,25(31,32)33)14-5-15(26)7-16(27)6-14)2-3-17(12)22(41)39(10-34)23-36-20(40(11-35)37-23)8-18(28)21(29)30/h2-7,18,21H,8-9H2,1H3. The van der Waals surface area contributed by atoms with E-state index in [-0.39, 0.29) is 38.0 Å². The molecule has 0 saturated heterocycles. The Balaban J connectivity index is 1.62. The van der Waals surface area contributed by atoms with E-state index in [1.807, 2.05) is 0 Å². The maximum absolute atomic E-state index is 14.3. The van der Waals surface area contributed by atoms with Crippen LogP contribution in [-0.4, -0.2) is 45.2 Å². The SMILES string of the molecule is Cc1cc(C2=NOC(c3cc(Cl)cc(Cl)c3)(C(F)(F)F)C2)ccc1C(=O)N(C#N)c1nc(CC(F)C(F)F)n(C#N)n1. The first-order chi connectivity index (χ1) is 19.7. The van der Waals surface area contributed by atoms with Gasteiger partial charge in [-0.15, -0.1) is 9.78 Å². The molecule has 0 radical (unpaired) electrons. The first-order valence-electron chi connectivity index (χ1n) is 11.6. The lowest BCUT2D eigenvalue weighted by Crippen LogP contribution is -2.42. The number of hydrogen-bond acceptors (Lipinski definition) is 7. The minimum Gasteiger partial charge on any atom is -0.374 e. The summed E-state index contributed by atoms with van der Waals surface area (Å²) in [6, 6.07) is 7.22. The summed E-state index contributed by atoms with van der Waals surface area (Å²) in [6.07, 6.45) is -9.76. The zero-order valence-corrected chi connectivity index (χ0v) is 22.5. The average molecular weight is 630 g/mol. The van der Waals surface area contributed by atoms with Gasteiger partial charge in [0.25, 0.3) is 23.9 Å². The van der Waals surface area contributed by atoms with Crippen molar-refractivity contribution in [3.8, 4) is 12.4 Å². The molecule has 2 aromatic carbocycles. The number of nitriles is 2. The third kappa shape index (κ3) is 5.70. The highest BCUT2D eigenvalue weighted by Crippen LogP contribution is 2.49. The first-order valence-corrected chi connectivity index (χ1v) is 12.4. The van der Waals surface area contributed by atoms with E-state index in [1.165, 1.54) is 43.6 Å². The second-order valence-electron chi connectivity index (χ2n) is 8.95. The molecule has 42 heavy (non-hydrogen) atoms. The van der Waals surface area contributed by atoms with E-state index >= 15 is 0 Å². The van der Waals surface area contributed by atoms with Gasteiger partial charge in [-0.1, -0.05) is 34.4 Å². The van der Waals surface area contributed by atoms with Crippen molar-refractivity contribution in [1.82, 2.24) is 14.8 Å². The monoisotopic (exact) mass is 629 g/mol. The smallest absolute Gasteiger partial charge is 0.374 e. The number of aromatic nitrogens is 3. The lowest BCUT2D eigenvalue weighted by atomic mass is 9.86. The Kier molecular flexibility index (Phi) is 8.39. The molecule has 4 rings (SSSR count). The van der Waals surface area contributed by atoms with Crippen LogP contribution in [0.3, 0.4) is 0 Å². The number of nitrogens with zero attached hydrogens (tertiary/aromatic N) is 7. The number of alkyl halides is 6. The number of amides is 1. The van der Waals surface area contributed by atoms with E-state index in [0.29, 0.717) is 9.58 Å². The summed E-state index contributed by atoms with van der Waals surface area (Å²) >= 11 is 11.8. The summed E-state index contributed by atoms with van der Waals surface area (Å²) in [4.78, 5) is 22.2.